The first kappa shape index (κ1) is 23.3. The highest BCUT2D eigenvalue weighted by molar-refractivity contribution is 9.10. The van der Waals surface area contributed by atoms with E-state index in [2.05, 4.69) is 58.2 Å². The molecule has 0 unspecified atom stereocenters. The molecule has 2 fully saturated rings. The maximum Gasteiger partial charge on any atom is 0.260 e. The van der Waals surface area contributed by atoms with Crippen molar-refractivity contribution in [2.45, 2.75) is 45.4 Å². The topological polar surface area (TPSA) is 91.4 Å². The van der Waals surface area contributed by atoms with Gasteiger partial charge < -0.3 is 14.5 Å². The quantitative estimate of drug-likeness (QED) is 0.657. The number of amides is 2. The summed E-state index contributed by atoms with van der Waals surface area (Å²) in [6.45, 7) is 9.30. The molecule has 9 heteroatoms. The zero-order valence-corrected chi connectivity index (χ0v) is 21.6. The molecule has 8 nitrogen and oxygen atoms in total. The summed E-state index contributed by atoms with van der Waals surface area (Å²) in [5.41, 5.74) is 2.91. The van der Waals surface area contributed by atoms with E-state index in [4.69, 9.17) is 4.74 Å². The minimum absolute atomic E-state index is 0.00881. The highest BCUT2D eigenvalue weighted by Crippen LogP contribution is 2.35. The van der Waals surface area contributed by atoms with Gasteiger partial charge in [0.25, 0.3) is 5.91 Å². The molecule has 2 aliphatic heterocycles. The first-order valence-corrected chi connectivity index (χ1v) is 12.9. The van der Waals surface area contributed by atoms with Crippen molar-refractivity contribution in [2.24, 2.45) is 17.8 Å². The van der Waals surface area contributed by atoms with Crippen molar-refractivity contribution in [3.63, 3.8) is 0 Å². The molecule has 3 aliphatic rings. The summed E-state index contributed by atoms with van der Waals surface area (Å²) < 4.78 is 6.98. The second-order valence-corrected chi connectivity index (χ2v) is 11.8. The SMILES string of the molecule is CC(C)(C)c1cc(Br)ccc1OCC(=O)N1C[C@H]2CN(C(=O)[C@@H]3CCc4n[nH]nc4C3)C[C@@H]2C1. The summed E-state index contributed by atoms with van der Waals surface area (Å²) in [5, 5.41) is 11.0. The lowest BCUT2D eigenvalue weighted by molar-refractivity contribution is -0.135. The van der Waals surface area contributed by atoms with Gasteiger partial charge >= 0.3 is 0 Å². The molecule has 5 rings (SSSR count). The highest BCUT2D eigenvalue weighted by Gasteiger charge is 2.44. The molecule has 34 heavy (non-hydrogen) atoms. The number of hydrogen-bond acceptors (Lipinski definition) is 5. The number of rotatable bonds is 4. The zero-order chi connectivity index (χ0) is 24.0. The van der Waals surface area contributed by atoms with Gasteiger partial charge in [-0.3, -0.25) is 9.59 Å². The number of aryl methyl sites for hydroxylation is 1. The molecule has 0 saturated carbocycles. The lowest BCUT2D eigenvalue weighted by atomic mass is 9.86. The lowest BCUT2D eigenvalue weighted by Crippen LogP contribution is -2.40. The molecule has 2 amide bonds. The molecule has 2 aromatic rings. The van der Waals surface area contributed by atoms with Gasteiger partial charge in [0.1, 0.15) is 5.75 Å². The van der Waals surface area contributed by atoms with Gasteiger partial charge in [0, 0.05) is 60.4 Å². The van der Waals surface area contributed by atoms with Crippen LogP contribution in [0, 0.1) is 17.8 Å². The van der Waals surface area contributed by atoms with Crippen LogP contribution in [-0.4, -0.2) is 69.8 Å². The number of H-pyrrole nitrogens is 1. The number of benzene rings is 1. The van der Waals surface area contributed by atoms with Crippen molar-refractivity contribution in [2.75, 3.05) is 32.8 Å². The highest BCUT2D eigenvalue weighted by atomic mass is 79.9. The average molecular weight is 530 g/mol. The van der Waals surface area contributed by atoms with Gasteiger partial charge in [-0.15, -0.1) is 0 Å². The van der Waals surface area contributed by atoms with Crippen LogP contribution in [0.4, 0.5) is 0 Å². The van der Waals surface area contributed by atoms with Crippen LogP contribution in [0.3, 0.4) is 0 Å². The van der Waals surface area contributed by atoms with Crippen LogP contribution in [0.25, 0.3) is 0 Å². The Morgan fingerprint density at radius 2 is 1.76 bits per heavy atom. The standard InChI is InChI=1S/C25H32BrN5O3/c1-25(2,3)19-9-18(26)5-7-22(19)34-14-23(32)30-10-16-12-31(13-17(16)11-30)24(33)15-4-6-20-21(8-15)28-29-27-20/h5,7,9,15-17H,4,6,8,10-14H2,1-3H3,(H,27,28,29)/t15-,16+,17+/m1/s1. The number of hydrogen-bond donors (Lipinski definition) is 1. The number of carbonyl (C=O) groups is 2. The predicted octanol–water partition coefficient (Wildman–Crippen LogP) is 2.97. The maximum atomic E-state index is 13.1. The third-order valence-electron chi connectivity index (χ3n) is 7.47. The van der Waals surface area contributed by atoms with E-state index in [9.17, 15) is 9.59 Å². The minimum atomic E-state index is -0.0869. The van der Waals surface area contributed by atoms with Crippen molar-refractivity contribution in [3.8, 4) is 5.75 Å². The number of nitrogens with one attached hydrogen (secondary N) is 1. The number of aromatic nitrogens is 3. The number of likely N-dealkylation sites (tertiary alicyclic amines) is 2. The Bertz CT molecular complexity index is 1080. The molecule has 0 bridgehead atoms. The van der Waals surface area contributed by atoms with Gasteiger partial charge in [-0.05, 0) is 36.5 Å². The summed E-state index contributed by atoms with van der Waals surface area (Å²) in [7, 11) is 0. The van der Waals surface area contributed by atoms with E-state index in [1.165, 1.54) is 0 Å². The Kier molecular flexibility index (Phi) is 6.16. The third-order valence-corrected chi connectivity index (χ3v) is 7.97. The number of ether oxygens (including phenoxy) is 1. The Morgan fingerprint density at radius 3 is 2.47 bits per heavy atom. The van der Waals surface area contributed by atoms with Gasteiger partial charge in [-0.1, -0.05) is 36.7 Å². The number of carbonyl (C=O) groups excluding carboxylic acids is 2. The van der Waals surface area contributed by atoms with Crippen LogP contribution < -0.4 is 4.74 Å². The van der Waals surface area contributed by atoms with E-state index in [1.54, 1.807) is 0 Å². The third kappa shape index (κ3) is 4.59. The normalized spacial score (nSPS) is 24.2. The summed E-state index contributed by atoms with van der Waals surface area (Å²) >= 11 is 3.53. The molecular formula is C25H32BrN5O3. The van der Waals surface area contributed by atoms with E-state index >= 15 is 0 Å². The number of nitrogens with zero attached hydrogens (tertiary/aromatic N) is 4. The average Bonchev–Trinajstić information content (AvgIpc) is 3.51. The Morgan fingerprint density at radius 1 is 1.09 bits per heavy atom. The van der Waals surface area contributed by atoms with Gasteiger partial charge in [0.2, 0.25) is 5.91 Å². The molecule has 1 aromatic heterocycles. The lowest BCUT2D eigenvalue weighted by Gasteiger charge is -2.27. The van der Waals surface area contributed by atoms with Crippen molar-refractivity contribution in [1.29, 1.82) is 0 Å². The van der Waals surface area contributed by atoms with E-state index in [1.807, 2.05) is 21.9 Å². The molecule has 3 atom stereocenters. The molecule has 0 radical (unpaired) electrons. The van der Waals surface area contributed by atoms with Crippen molar-refractivity contribution >= 4 is 27.7 Å². The van der Waals surface area contributed by atoms with Crippen molar-refractivity contribution < 1.29 is 14.3 Å². The second kappa shape index (κ2) is 8.98. The molecule has 1 aliphatic carbocycles. The fourth-order valence-electron chi connectivity index (χ4n) is 5.58. The Balaban J connectivity index is 1.14. The number of halogens is 1. The second-order valence-electron chi connectivity index (χ2n) is 10.9. The Hall–Kier alpha value is -2.42. The number of fused-ring (bicyclic) bond motifs is 2. The molecular weight excluding hydrogens is 498 g/mol. The van der Waals surface area contributed by atoms with Crippen LogP contribution >= 0.6 is 15.9 Å². The van der Waals surface area contributed by atoms with Gasteiger partial charge in [0.05, 0.1) is 11.4 Å². The summed E-state index contributed by atoms with van der Waals surface area (Å²) in [6.07, 6.45) is 2.31. The first-order chi connectivity index (χ1) is 16.2. The molecule has 2 saturated heterocycles. The van der Waals surface area contributed by atoms with Crippen LogP contribution in [0.15, 0.2) is 22.7 Å². The van der Waals surface area contributed by atoms with Gasteiger partial charge in [-0.2, -0.15) is 15.4 Å². The first-order valence-electron chi connectivity index (χ1n) is 12.1. The summed E-state index contributed by atoms with van der Waals surface area (Å²) in [4.78, 5) is 30.0. The fourth-order valence-corrected chi connectivity index (χ4v) is 5.94. The molecule has 1 N–H and O–H groups in total. The van der Waals surface area contributed by atoms with Crippen LogP contribution in [-0.2, 0) is 27.8 Å². The molecule has 1 aromatic carbocycles. The zero-order valence-electron chi connectivity index (χ0n) is 20.0. The molecule has 0 spiro atoms. The van der Waals surface area contributed by atoms with E-state index in [0.29, 0.717) is 31.3 Å². The Labute approximate surface area is 208 Å². The monoisotopic (exact) mass is 529 g/mol. The molecule has 182 valence electrons. The van der Waals surface area contributed by atoms with Crippen LogP contribution in [0.2, 0.25) is 0 Å². The smallest absolute Gasteiger partial charge is 0.260 e. The van der Waals surface area contributed by atoms with Crippen molar-refractivity contribution in [1.82, 2.24) is 25.2 Å². The van der Waals surface area contributed by atoms with Crippen LogP contribution in [0.5, 0.6) is 5.75 Å². The number of aromatic amines is 1. The maximum absolute atomic E-state index is 13.1. The summed E-state index contributed by atoms with van der Waals surface area (Å²) in [5.74, 6) is 1.68. The van der Waals surface area contributed by atoms with Crippen LogP contribution in [0.1, 0.15) is 44.1 Å². The predicted molar refractivity (Wildman–Crippen MR) is 130 cm³/mol. The van der Waals surface area contributed by atoms with E-state index in [-0.39, 0.29) is 29.8 Å². The summed E-state index contributed by atoms with van der Waals surface area (Å²) in [6, 6.07) is 5.92. The van der Waals surface area contributed by atoms with E-state index < -0.39 is 0 Å². The minimum Gasteiger partial charge on any atom is -0.483 e. The van der Waals surface area contributed by atoms with Crippen molar-refractivity contribution in [3.05, 3.63) is 39.6 Å². The molecule has 3 heterocycles. The van der Waals surface area contributed by atoms with Gasteiger partial charge in [-0.25, -0.2) is 0 Å². The van der Waals surface area contributed by atoms with E-state index in [0.717, 1.165) is 53.1 Å². The van der Waals surface area contributed by atoms with Gasteiger partial charge in [0.15, 0.2) is 6.61 Å². The fraction of sp³-hybridized carbons (Fsp3) is 0.600. The largest absolute Gasteiger partial charge is 0.483 e.